The summed E-state index contributed by atoms with van der Waals surface area (Å²) in [5.74, 6) is -0.246. The van der Waals surface area contributed by atoms with E-state index in [0.717, 1.165) is 38.5 Å². The first-order valence-corrected chi connectivity index (χ1v) is 34.9. The van der Waals surface area contributed by atoms with Gasteiger partial charge >= 0.3 is 0 Å². The smallest absolute Gasteiger partial charge is 0.220 e. The first-order chi connectivity index (χ1) is 41.1. The molecular formula is C70H129NO13. The van der Waals surface area contributed by atoms with Gasteiger partial charge in [-0.25, -0.2) is 0 Å². The van der Waals surface area contributed by atoms with E-state index in [0.29, 0.717) is 12.8 Å². The van der Waals surface area contributed by atoms with Gasteiger partial charge in [-0.1, -0.05) is 274 Å². The number of carbonyl (C=O) groups is 1. The molecule has 0 radical (unpaired) electrons. The standard InChI is InChI=1S/C70H129NO13/c1-3-5-7-9-11-13-15-17-18-19-20-21-22-23-24-25-26-27-28-29-30-31-32-33-34-35-36-37-38-39-40-42-44-46-48-50-52-54-62(75)71-58(59(74)53-51-49-47-45-43-41-16-14-12-10-8-6-4-2)57-81-69-67(80)65(78)68(61(56-73)83-69)84-70-66(79)64(77)63(76)60(55-72)82-70/h15,17,19-20,43,45,51,53,58-61,63-70,72-74,76-80H,3-14,16,18,21-42,44,46-50,52,54-57H2,1-2H3,(H,71,75)/b17-15-,20-19-,45-43+,53-51+. The Bertz CT molecular complexity index is 1590. The second-order valence-electron chi connectivity index (χ2n) is 24.6. The minimum Gasteiger partial charge on any atom is -0.394 e. The van der Waals surface area contributed by atoms with Crippen LogP contribution in [0.5, 0.6) is 0 Å². The summed E-state index contributed by atoms with van der Waals surface area (Å²) in [6.07, 6.45) is 54.9. The Hall–Kier alpha value is -2.05. The molecule has 1 amide bonds. The fraction of sp³-hybridized carbons (Fsp3) is 0.871. The molecule has 0 saturated carbocycles. The topological polar surface area (TPSA) is 228 Å². The van der Waals surface area contributed by atoms with E-state index in [9.17, 15) is 45.6 Å². The van der Waals surface area contributed by atoms with Crippen LogP contribution in [0.1, 0.15) is 296 Å². The lowest BCUT2D eigenvalue weighted by molar-refractivity contribution is -0.359. The van der Waals surface area contributed by atoms with Gasteiger partial charge in [-0.3, -0.25) is 4.79 Å². The summed E-state index contributed by atoms with van der Waals surface area (Å²) in [7, 11) is 0. The Morgan fingerprint density at radius 1 is 0.429 bits per heavy atom. The third-order valence-corrected chi connectivity index (χ3v) is 17.0. The first-order valence-electron chi connectivity index (χ1n) is 34.9. The lowest BCUT2D eigenvalue weighted by atomic mass is 9.97. The molecule has 12 unspecified atom stereocenters. The molecule has 14 nitrogen and oxygen atoms in total. The number of allylic oxidation sites excluding steroid dienone is 7. The number of aliphatic hydroxyl groups excluding tert-OH is 8. The van der Waals surface area contributed by atoms with Crippen molar-refractivity contribution in [2.45, 2.75) is 370 Å². The molecule has 0 aliphatic carbocycles. The molecule has 2 fully saturated rings. The summed E-state index contributed by atoms with van der Waals surface area (Å²) >= 11 is 0. The van der Waals surface area contributed by atoms with Crippen molar-refractivity contribution in [3.63, 3.8) is 0 Å². The van der Waals surface area contributed by atoms with E-state index in [4.69, 9.17) is 18.9 Å². The predicted octanol–water partition coefficient (Wildman–Crippen LogP) is 13.9. The van der Waals surface area contributed by atoms with Crippen LogP contribution in [0.3, 0.4) is 0 Å². The summed E-state index contributed by atoms with van der Waals surface area (Å²) < 4.78 is 22.8. The minimum absolute atomic E-state index is 0.246. The molecule has 2 saturated heterocycles. The zero-order valence-corrected chi connectivity index (χ0v) is 53.4. The van der Waals surface area contributed by atoms with Gasteiger partial charge in [0, 0.05) is 6.42 Å². The Morgan fingerprint density at radius 2 is 0.798 bits per heavy atom. The maximum absolute atomic E-state index is 13.3. The molecule has 492 valence electrons. The second-order valence-corrected chi connectivity index (χ2v) is 24.6. The molecule has 12 atom stereocenters. The fourth-order valence-electron chi connectivity index (χ4n) is 11.4. The van der Waals surface area contributed by atoms with Gasteiger partial charge in [0.1, 0.15) is 48.8 Å². The van der Waals surface area contributed by atoms with Crippen molar-refractivity contribution in [3.8, 4) is 0 Å². The maximum Gasteiger partial charge on any atom is 0.220 e. The molecule has 2 aliphatic heterocycles. The van der Waals surface area contributed by atoms with Crippen LogP contribution < -0.4 is 5.32 Å². The van der Waals surface area contributed by atoms with E-state index >= 15 is 0 Å². The highest BCUT2D eigenvalue weighted by molar-refractivity contribution is 5.76. The van der Waals surface area contributed by atoms with Crippen molar-refractivity contribution >= 4 is 5.91 Å². The van der Waals surface area contributed by atoms with Gasteiger partial charge in [-0.15, -0.1) is 0 Å². The molecular weight excluding hydrogens is 1060 g/mol. The van der Waals surface area contributed by atoms with Crippen molar-refractivity contribution in [1.82, 2.24) is 5.32 Å². The van der Waals surface area contributed by atoms with E-state index in [1.54, 1.807) is 6.08 Å². The molecule has 9 N–H and O–H groups in total. The van der Waals surface area contributed by atoms with Gasteiger partial charge in [0.2, 0.25) is 5.91 Å². The molecule has 14 heteroatoms. The SMILES string of the molecule is CCCCCCC/C=C\C/C=C\CCCCCCCCCCCCCCCCCCCCCCCCCCCC(=O)NC(COC1OC(CO)C(OC2OC(CO)C(O)C(O)C2O)C(O)C1O)C(O)/C=C/CC/C=C/CCCCCCCCC. The monoisotopic (exact) mass is 1190 g/mol. The van der Waals surface area contributed by atoms with E-state index in [1.807, 2.05) is 6.08 Å². The van der Waals surface area contributed by atoms with Crippen molar-refractivity contribution < 1.29 is 64.6 Å². The highest BCUT2D eigenvalue weighted by Gasteiger charge is 2.51. The zero-order chi connectivity index (χ0) is 60.9. The Morgan fingerprint density at radius 3 is 1.24 bits per heavy atom. The summed E-state index contributed by atoms with van der Waals surface area (Å²) in [6.45, 7) is 2.78. The summed E-state index contributed by atoms with van der Waals surface area (Å²) in [5.41, 5.74) is 0. The zero-order valence-electron chi connectivity index (χ0n) is 53.4. The summed E-state index contributed by atoms with van der Waals surface area (Å²) in [5, 5.41) is 87.1. The molecule has 0 spiro atoms. The summed E-state index contributed by atoms with van der Waals surface area (Å²) in [4.78, 5) is 13.3. The number of hydrogen-bond donors (Lipinski definition) is 9. The molecule has 84 heavy (non-hydrogen) atoms. The van der Waals surface area contributed by atoms with Crippen molar-refractivity contribution in [3.05, 3.63) is 48.6 Å². The third kappa shape index (κ3) is 39.1. The Labute approximate surface area is 512 Å². The minimum atomic E-state index is -1.79. The molecule has 2 heterocycles. The van der Waals surface area contributed by atoms with Crippen molar-refractivity contribution in [1.29, 1.82) is 0 Å². The normalized spacial score (nSPS) is 23.9. The van der Waals surface area contributed by atoms with Crippen LogP contribution in [0.15, 0.2) is 48.6 Å². The van der Waals surface area contributed by atoms with Crippen LogP contribution in [-0.4, -0.2) is 140 Å². The largest absolute Gasteiger partial charge is 0.394 e. The first kappa shape index (κ1) is 78.0. The molecule has 0 aromatic rings. The number of carbonyl (C=O) groups excluding carboxylic acids is 1. The van der Waals surface area contributed by atoms with Crippen LogP contribution in [0.2, 0.25) is 0 Å². The molecule has 2 rings (SSSR count). The van der Waals surface area contributed by atoms with E-state index in [1.165, 1.54) is 225 Å². The lowest BCUT2D eigenvalue weighted by Crippen LogP contribution is -2.65. The fourth-order valence-corrected chi connectivity index (χ4v) is 11.4. The van der Waals surface area contributed by atoms with E-state index in [2.05, 4.69) is 55.6 Å². The number of nitrogens with one attached hydrogen (secondary N) is 1. The second kappa shape index (κ2) is 55.1. The van der Waals surface area contributed by atoms with E-state index in [-0.39, 0.29) is 18.9 Å². The molecule has 0 bridgehead atoms. The van der Waals surface area contributed by atoms with Gasteiger partial charge in [-0.2, -0.15) is 0 Å². The predicted molar refractivity (Wildman–Crippen MR) is 341 cm³/mol. The van der Waals surface area contributed by atoms with Crippen LogP contribution >= 0.6 is 0 Å². The van der Waals surface area contributed by atoms with Gasteiger partial charge in [-0.05, 0) is 64.2 Å². The Kier molecular flexibility index (Phi) is 51.1. The van der Waals surface area contributed by atoms with Gasteiger partial charge in [0.05, 0.1) is 32.0 Å². The maximum atomic E-state index is 13.3. The van der Waals surface area contributed by atoms with Crippen LogP contribution in [0, 0.1) is 0 Å². The summed E-state index contributed by atoms with van der Waals surface area (Å²) in [6, 6.07) is -0.930. The van der Waals surface area contributed by atoms with Gasteiger partial charge in [0.25, 0.3) is 0 Å². The highest BCUT2D eigenvalue weighted by Crippen LogP contribution is 2.30. The molecule has 0 aromatic heterocycles. The lowest BCUT2D eigenvalue weighted by Gasteiger charge is -2.46. The number of aliphatic hydroxyl groups is 8. The van der Waals surface area contributed by atoms with Crippen molar-refractivity contribution in [2.24, 2.45) is 0 Å². The molecule has 0 aromatic carbocycles. The van der Waals surface area contributed by atoms with Gasteiger partial charge in [0.15, 0.2) is 12.6 Å². The van der Waals surface area contributed by atoms with Crippen molar-refractivity contribution in [2.75, 3.05) is 19.8 Å². The number of hydrogen-bond acceptors (Lipinski definition) is 13. The van der Waals surface area contributed by atoms with Crippen LogP contribution in [-0.2, 0) is 23.7 Å². The average Bonchev–Trinajstić information content (AvgIpc) is 2.58. The third-order valence-electron chi connectivity index (χ3n) is 17.0. The number of ether oxygens (including phenoxy) is 4. The Balaban J connectivity index is 1.57. The average molecular weight is 1190 g/mol. The van der Waals surface area contributed by atoms with E-state index < -0.39 is 86.8 Å². The van der Waals surface area contributed by atoms with Crippen LogP contribution in [0.4, 0.5) is 0 Å². The number of amides is 1. The quantitative estimate of drug-likeness (QED) is 0.0204. The van der Waals surface area contributed by atoms with Crippen LogP contribution in [0.25, 0.3) is 0 Å². The number of unbranched alkanes of at least 4 members (excludes halogenated alkanes) is 38. The highest BCUT2D eigenvalue weighted by atomic mass is 16.7. The van der Waals surface area contributed by atoms with Gasteiger partial charge < -0.3 is 65.1 Å². The number of rotatable bonds is 57. The molecule has 2 aliphatic rings.